The van der Waals surface area contributed by atoms with E-state index in [0.717, 1.165) is 6.42 Å². The third kappa shape index (κ3) is 3.02. The number of fused-ring (bicyclic) bond motifs is 1. The molecular formula is C15H17ClFN7. The summed E-state index contributed by atoms with van der Waals surface area (Å²) in [5.74, 6) is -0.0699. The van der Waals surface area contributed by atoms with Gasteiger partial charge in [0, 0.05) is 38.1 Å². The van der Waals surface area contributed by atoms with Gasteiger partial charge in [-0.1, -0.05) is 18.5 Å². The minimum Gasteiger partial charge on any atom is -0.354 e. The zero-order chi connectivity index (χ0) is 17.1. The van der Waals surface area contributed by atoms with E-state index in [9.17, 15) is 4.39 Å². The third-order valence-corrected chi connectivity index (χ3v) is 3.77. The van der Waals surface area contributed by atoms with Crippen LogP contribution in [0, 0.1) is 5.82 Å². The number of nitrogens with zero attached hydrogens (tertiary/aromatic N) is 6. The van der Waals surface area contributed by atoms with Crippen LogP contribution >= 0.6 is 11.6 Å². The van der Waals surface area contributed by atoms with Crippen LogP contribution in [0.5, 0.6) is 0 Å². The number of pyridine rings is 1. The quantitative estimate of drug-likeness (QED) is 0.734. The lowest BCUT2D eigenvalue weighted by molar-refractivity contribution is 0.601. The van der Waals surface area contributed by atoms with Gasteiger partial charge < -0.3 is 10.6 Å². The predicted molar refractivity (Wildman–Crippen MR) is 91.0 cm³/mol. The fourth-order valence-electron chi connectivity index (χ4n) is 2.48. The smallest absolute Gasteiger partial charge is 0.194 e. The van der Waals surface area contributed by atoms with Crippen LogP contribution in [0.2, 0.25) is 5.02 Å². The zero-order valence-corrected chi connectivity index (χ0v) is 13.9. The summed E-state index contributed by atoms with van der Waals surface area (Å²) in [5, 5.41) is 4.39. The number of hydrogen-bond acceptors (Lipinski definition) is 6. The Morgan fingerprint density at radius 2 is 2.08 bits per heavy atom. The Bertz CT molecular complexity index is 845. The summed E-state index contributed by atoms with van der Waals surface area (Å²) < 4.78 is 15.8. The van der Waals surface area contributed by atoms with Crippen molar-refractivity contribution in [2.45, 2.75) is 13.3 Å². The Hall–Kier alpha value is -2.32. The molecule has 0 unspecified atom stereocenters. The van der Waals surface area contributed by atoms with Gasteiger partial charge in [-0.15, -0.1) is 0 Å². The Balaban J connectivity index is 2.13. The molecule has 0 saturated carbocycles. The SMILES string of the molecule is CCCN(CCN)c1nc(-n2ncc3nccnc32)c(F)cc1Cl. The minimum atomic E-state index is -0.580. The average molecular weight is 350 g/mol. The van der Waals surface area contributed by atoms with Crippen LogP contribution < -0.4 is 10.6 Å². The van der Waals surface area contributed by atoms with E-state index in [1.165, 1.54) is 23.1 Å². The summed E-state index contributed by atoms with van der Waals surface area (Å²) in [5.41, 5.74) is 6.65. The van der Waals surface area contributed by atoms with E-state index < -0.39 is 5.82 Å². The third-order valence-electron chi connectivity index (χ3n) is 3.49. The van der Waals surface area contributed by atoms with Crippen molar-refractivity contribution in [3.8, 4) is 5.82 Å². The van der Waals surface area contributed by atoms with E-state index in [-0.39, 0.29) is 10.8 Å². The van der Waals surface area contributed by atoms with Crippen LogP contribution in [0.3, 0.4) is 0 Å². The van der Waals surface area contributed by atoms with E-state index in [1.54, 1.807) is 6.20 Å². The molecule has 3 aromatic rings. The van der Waals surface area contributed by atoms with E-state index in [0.29, 0.717) is 36.6 Å². The molecule has 126 valence electrons. The van der Waals surface area contributed by atoms with Crippen molar-refractivity contribution in [1.82, 2.24) is 24.7 Å². The number of rotatable bonds is 6. The van der Waals surface area contributed by atoms with Crippen molar-refractivity contribution >= 4 is 28.6 Å². The van der Waals surface area contributed by atoms with E-state index in [4.69, 9.17) is 17.3 Å². The molecule has 3 rings (SSSR count). The van der Waals surface area contributed by atoms with Crippen LogP contribution in [0.1, 0.15) is 13.3 Å². The second-order valence-electron chi connectivity index (χ2n) is 5.20. The number of anilines is 1. The Morgan fingerprint density at radius 3 is 2.83 bits per heavy atom. The molecule has 0 aliphatic carbocycles. The number of halogens is 2. The molecule has 0 saturated heterocycles. The van der Waals surface area contributed by atoms with Gasteiger partial charge in [0.25, 0.3) is 0 Å². The first-order valence-corrected chi connectivity index (χ1v) is 7.99. The van der Waals surface area contributed by atoms with Gasteiger partial charge >= 0.3 is 0 Å². The van der Waals surface area contributed by atoms with E-state index in [1.807, 2.05) is 11.8 Å². The van der Waals surface area contributed by atoms with Crippen molar-refractivity contribution in [1.29, 1.82) is 0 Å². The fourth-order valence-corrected chi connectivity index (χ4v) is 2.74. The van der Waals surface area contributed by atoms with Gasteiger partial charge in [-0.2, -0.15) is 9.78 Å². The zero-order valence-electron chi connectivity index (χ0n) is 13.2. The van der Waals surface area contributed by atoms with Crippen LogP contribution in [0.4, 0.5) is 10.2 Å². The van der Waals surface area contributed by atoms with Crippen molar-refractivity contribution in [2.75, 3.05) is 24.5 Å². The monoisotopic (exact) mass is 349 g/mol. The molecular weight excluding hydrogens is 333 g/mol. The van der Waals surface area contributed by atoms with Gasteiger partial charge in [0.05, 0.1) is 11.2 Å². The Kier molecular flexibility index (Phi) is 4.86. The molecule has 0 aliphatic rings. The molecule has 0 radical (unpaired) electrons. The molecule has 0 spiro atoms. The highest BCUT2D eigenvalue weighted by Crippen LogP contribution is 2.28. The highest BCUT2D eigenvalue weighted by molar-refractivity contribution is 6.33. The molecule has 3 aromatic heterocycles. The molecule has 3 heterocycles. The van der Waals surface area contributed by atoms with Crippen molar-refractivity contribution in [2.24, 2.45) is 5.73 Å². The maximum atomic E-state index is 14.5. The molecule has 0 aromatic carbocycles. The first-order valence-electron chi connectivity index (χ1n) is 7.61. The topological polar surface area (TPSA) is 85.8 Å². The van der Waals surface area contributed by atoms with Crippen LogP contribution in [0.25, 0.3) is 17.0 Å². The molecule has 7 nitrogen and oxygen atoms in total. The van der Waals surface area contributed by atoms with Gasteiger partial charge in [0.2, 0.25) is 0 Å². The second kappa shape index (κ2) is 7.06. The molecule has 24 heavy (non-hydrogen) atoms. The van der Waals surface area contributed by atoms with E-state index >= 15 is 0 Å². The molecule has 0 aliphatic heterocycles. The molecule has 0 bridgehead atoms. The highest BCUT2D eigenvalue weighted by atomic mass is 35.5. The lowest BCUT2D eigenvalue weighted by Crippen LogP contribution is -2.31. The lowest BCUT2D eigenvalue weighted by atomic mass is 10.3. The van der Waals surface area contributed by atoms with E-state index in [2.05, 4.69) is 20.1 Å². The average Bonchev–Trinajstić information content (AvgIpc) is 2.99. The summed E-state index contributed by atoms with van der Waals surface area (Å²) >= 11 is 6.20. The summed E-state index contributed by atoms with van der Waals surface area (Å²) in [7, 11) is 0. The first kappa shape index (κ1) is 16.5. The minimum absolute atomic E-state index is 0.0306. The molecule has 2 N–H and O–H groups in total. The number of nitrogens with two attached hydrogens (primary N) is 1. The predicted octanol–water partition coefficient (Wildman–Crippen LogP) is 2.18. The van der Waals surface area contributed by atoms with Gasteiger partial charge in [0.15, 0.2) is 17.3 Å². The molecule has 0 atom stereocenters. The fraction of sp³-hybridized carbons (Fsp3) is 0.333. The van der Waals surface area contributed by atoms with Crippen molar-refractivity contribution in [3.05, 3.63) is 35.5 Å². The van der Waals surface area contributed by atoms with Crippen LogP contribution in [-0.4, -0.2) is 44.4 Å². The van der Waals surface area contributed by atoms with Gasteiger partial charge in [-0.25, -0.2) is 19.3 Å². The first-order chi connectivity index (χ1) is 11.7. The highest BCUT2D eigenvalue weighted by Gasteiger charge is 2.19. The van der Waals surface area contributed by atoms with Crippen LogP contribution in [-0.2, 0) is 0 Å². The van der Waals surface area contributed by atoms with Gasteiger partial charge in [0.1, 0.15) is 11.3 Å². The maximum absolute atomic E-state index is 14.5. The largest absolute Gasteiger partial charge is 0.354 e. The summed E-state index contributed by atoms with van der Waals surface area (Å²) in [6, 6.07) is 1.24. The van der Waals surface area contributed by atoms with Crippen molar-refractivity contribution < 1.29 is 4.39 Å². The maximum Gasteiger partial charge on any atom is 0.194 e. The summed E-state index contributed by atoms with van der Waals surface area (Å²) in [6.07, 6.45) is 5.48. The Labute approximate surface area is 143 Å². The van der Waals surface area contributed by atoms with Crippen LogP contribution in [0.15, 0.2) is 24.7 Å². The van der Waals surface area contributed by atoms with Gasteiger partial charge in [-0.05, 0) is 6.42 Å². The normalized spacial score (nSPS) is 11.2. The molecule has 0 fully saturated rings. The summed E-state index contributed by atoms with van der Waals surface area (Å²) in [4.78, 5) is 14.7. The lowest BCUT2D eigenvalue weighted by Gasteiger charge is -2.24. The molecule has 0 amide bonds. The second-order valence-corrected chi connectivity index (χ2v) is 5.60. The van der Waals surface area contributed by atoms with Gasteiger partial charge in [-0.3, -0.25) is 0 Å². The standard InChI is InChI=1S/C15H17ClFN7/c1-2-6-23(7-3-18)13-10(16)8-11(17)14(22-13)24-15-12(9-21-24)19-4-5-20-15/h4-5,8-9H,2-3,6-7,18H2,1H3. The Morgan fingerprint density at radius 1 is 1.29 bits per heavy atom. The van der Waals surface area contributed by atoms with Crippen molar-refractivity contribution in [3.63, 3.8) is 0 Å². The number of aromatic nitrogens is 5. The summed E-state index contributed by atoms with van der Waals surface area (Å²) in [6.45, 7) is 3.78. The number of hydrogen-bond donors (Lipinski definition) is 1. The molecule has 9 heteroatoms.